The number of benzene rings is 2. The summed E-state index contributed by atoms with van der Waals surface area (Å²) in [7, 11) is -3.60. The average Bonchev–Trinajstić information content (AvgIpc) is 3.43. The molecule has 1 fully saturated rings. The monoisotopic (exact) mass is 461 g/mol. The van der Waals surface area contributed by atoms with Crippen molar-refractivity contribution in [3.8, 4) is 11.5 Å². The van der Waals surface area contributed by atoms with Crippen LogP contribution in [0.15, 0.2) is 45.8 Å². The van der Waals surface area contributed by atoms with Crippen molar-refractivity contribution in [1.82, 2.24) is 14.8 Å². The van der Waals surface area contributed by atoms with Crippen molar-refractivity contribution in [1.29, 1.82) is 0 Å². The van der Waals surface area contributed by atoms with E-state index in [1.165, 1.54) is 24.3 Å². The van der Waals surface area contributed by atoms with E-state index in [4.69, 9.17) is 14.0 Å². The molecule has 1 saturated heterocycles. The van der Waals surface area contributed by atoms with Gasteiger partial charge < -0.3 is 18.9 Å². The SMILES string of the molecule is O=S(=O)(NCCCN1CCC(c2noc3cc(F)ccc23)CC1)c1ccc2c(c1)OCO2. The molecule has 0 aliphatic carbocycles. The summed E-state index contributed by atoms with van der Waals surface area (Å²) in [4.78, 5) is 2.50. The Bertz CT molecular complexity index is 1220. The van der Waals surface area contributed by atoms with E-state index in [1.54, 1.807) is 12.1 Å². The highest BCUT2D eigenvalue weighted by Gasteiger charge is 2.25. The van der Waals surface area contributed by atoms with Gasteiger partial charge in [0.1, 0.15) is 5.82 Å². The second-order valence-electron chi connectivity index (χ2n) is 8.09. The molecule has 0 amide bonds. The first-order valence-corrected chi connectivity index (χ1v) is 12.1. The number of likely N-dealkylation sites (tertiary alicyclic amines) is 1. The molecule has 3 aromatic rings. The van der Waals surface area contributed by atoms with Crippen LogP contribution >= 0.6 is 0 Å². The van der Waals surface area contributed by atoms with E-state index in [9.17, 15) is 12.8 Å². The maximum Gasteiger partial charge on any atom is 0.240 e. The zero-order chi connectivity index (χ0) is 22.1. The van der Waals surface area contributed by atoms with Gasteiger partial charge in [-0.25, -0.2) is 17.5 Å². The fraction of sp³-hybridized carbons (Fsp3) is 0.409. The summed E-state index contributed by atoms with van der Waals surface area (Å²) >= 11 is 0. The van der Waals surface area contributed by atoms with Gasteiger partial charge in [0.15, 0.2) is 17.1 Å². The van der Waals surface area contributed by atoms with E-state index in [2.05, 4.69) is 14.8 Å². The van der Waals surface area contributed by atoms with Crippen LogP contribution in [0.3, 0.4) is 0 Å². The zero-order valence-corrected chi connectivity index (χ0v) is 18.2. The Morgan fingerprint density at radius 1 is 1.09 bits per heavy atom. The Hall–Kier alpha value is -2.69. The number of ether oxygens (including phenoxy) is 2. The Balaban J connectivity index is 1.09. The minimum absolute atomic E-state index is 0.106. The predicted octanol–water partition coefficient (Wildman–Crippen LogP) is 3.24. The van der Waals surface area contributed by atoms with Crippen molar-refractivity contribution in [3.63, 3.8) is 0 Å². The average molecular weight is 462 g/mol. The molecule has 0 unspecified atom stereocenters. The Kier molecular flexibility index (Phi) is 5.75. The van der Waals surface area contributed by atoms with Crippen molar-refractivity contribution >= 4 is 21.0 Å². The van der Waals surface area contributed by atoms with E-state index >= 15 is 0 Å². The first-order chi connectivity index (χ1) is 15.5. The van der Waals surface area contributed by atoms with Gasteiger partial charge in [0.2, 0.25) is 16.8 Å². The highest BCUT2D eigenvalue weighted by atomic mass is 32.2. The van der Waals surface area contributed by atoms with E-state index in [-0.39, 0.29) is 23.4 Å². The van der Waals surface area contributed by atoms with Gasteiger partial charge in [-0.3, -0.25) is 0 Å². The van der Waals surface area contributed by atoms with Crippen LogP contribution in [0.1, 0.15) is 30.9 Å². The number of fused-ring (bicyclic) bond motifs is 2. The van der Waals surface area contributed by atoms with Crippen LogP contribution in [0, 0.1) is 5.82 Å². The highest BCUT2D eigenvalue weighted by Crippen LogP contribution is 2.34. The van der Waals surface area contributed by atoms with Crippen LogP contribution in [0.5, 0.6) is 11.5 Å². The van der Waals surface area contributed by atoms with E-state index < -0.39 is 10.0 Å². The summed E-state index contributed by atoms with van der Waals surface area (Å²) in [6.07, 6.45) is 2.57. The third-order valence-electron chi connectivity index (χ3n) is 6.03. The fourth-order valence-corrected chi connectivity index (χ4v) is 5.38. The Morgan fingerprint density at radius 3 is 2.75 bits per heavy atom. The number of sulfonamides is 1. The van der Waals surface area contributed by atoms with E-state index in [0.29, 0.717) is 30.0 Å². The molecule has 5 rings (SSSR count). The van der Waals surface area contributed by atoms with Gasteiger partial charge in [0.25, 0.3) is 0 Å². The molecule has 0 spiro atoms. The van der Waals surface area contributed by atoms with Gasteiger partial charge in [-0.1, -0.05) is 5.16 Å². The summed E-state index contributed by atoms with van der Waals surface area (Å²) in [5.74, 6) is 0.950. The number of hydrogen-bond acceptors (Lipinski definition) is 7. The third-order valence-corrected chi connectivity index (χ3v) is 7.49. The van der Waals surface area contributed by atoms with Crippen LogP contribution in [0.4, 0.5) is 4.39 Å². The smallest absolute Gasteiger partial charge is 0.240 e. The molecule has 0 saturated carbocycles. The quantitative estimate of drug-likeness (QED) is 0.540. The Labute approximate surface area is 185 Å². The number of hydrogen-bond donors (Lipinski definition) is 1. The zero-order valence-electron chi connectivity index (χ0n) is 17.4. The summed E-state index contributed by atoms with van der Waals surface area (Å²) in [5, 5.41) is 5.06. The third kappa shape index (κ3) is 4.30. The molecule has 10 heteroatoms. The number of rotatable bonds is 7. The van der Waals surface area contributed by atoms with Crippen molar-refractivity contribution in [2.75, 3.05) is 33.0 Å². The molecule has 2 aliphatic heterocycles. The summed E-state index contributed by atoms with van der Waals surface area (Å²) in [6.45, 7) is 3.07. The van der Waals surface area contributed by atoms with Gasteiger partial charge in [0.05, 0.1) is 10.6 Å². The van der Waals surface area contributed by atoms with Gasteiger partial charge in [-0.15, -0.1) is 0 Å². The van der Waals surface area contributed by atoms with Crippen LogP contribution in [-0.2, 0) is 10.0 Å². The first-order valence-electron chi connectivity index (χ1n) is 10.7. The lowest BCUT2D eigenvalue weighted by Gasteiger charge is -2.31. The van der Waals surface area contributed by atoms with Gasteiger partial charge >= 0.3 is 0 Å². The van der Waals surface area contributed by atoms with Crippen LogP contribution < -0.4 is 14.2 Å². The second kappa shape index (κ2) is 8.68. The Morgan fingerprint density at radius 2 is 1.91 bits per heavy atom. The summed E-state index contributed by atoms with van der Waals surface area (Å²) in [6, 6.07) is 9.14. The van der Waals surface area contributed by atoms with Gasteiger partial charge in [-0.05, 0) is 63.2 Å². The molecule has 3 heterocycles. The molecule has 0 radical (unpaired) electrons. The number of piperidine rings is 1. The maximum atomic E-state index is 13.4. The molecule has 1 aromatic heterocycles. The van der Waals surface area contributed by atoms with Crippen LogP contribution in [0.2, 0.25) is 0 Å². The topological polar surface area (TPSA) is 93.9 Å². The molecular weight excluding hydrogens is 437 g/mol. The highest BCUT2D eigenvalue weighted by molar-refractivity contribution is 7.89. The molecule has 32 heavy (non-hydrogen) atoms. The normalized spacial score (nSPS) is 17.3. The number of nitrogens with zero attached hydrogens (tertiary/aromatic N) is 2. The number of aromatic nitrogens is 1. The van der Waals surface area contributed by atoms with Crippen molar-refractivity contribution in [2.45, 2.75) is 30.1 Å². The maximum absolute atomic E-state index is 13.4. The molecule has 1 N–H and O–H groups in total. The van der Waals surface area contributed by atoms with Crippen molar-refractivity contribution in [3.05, 3.63) is 47.9 Å². The lowest BCUT2D eigenvalue weighted by Crippen LogP contribution is -2.35. The standard InChI is InChI=1S/C22H24FN3O5S/c23-16-2-4-18-20(12-16)31-25-22(18)15-6-10-26(11-7-15)9-1-8-24-32(27,28)17-3-5-19-21(13-17)30-14-29-19/h2-5,12-13,15,24H,1,6-11,14H2. The lowest BCUT2D eigenvalue weighted by atomic mass is 9.91. The molecule has 0 bridgehead atoms. The lowest BCUT2D eigenvalue weighted by molar-refractivity contribution is 0.174. The second-order valence-corrected chi connectivity index (χ2v) is 9.86. The minimum atomic E-state index is -3.60. The summed E-state index contributed by atoms with van der Waals surface area (Å²) in [5.41, 5.74) is 1.38. The first kappa shape index (κ1) is 21.2. The molecule has 2 aromatic carbocycles. The van der Waals surface area contributed by atoms with Crippen LogP contribution in [0.25, 0.3) is 11.0 Å². The van der Waals surface area contributed by atoms with Gasteiger partial charge in [-0.2, -0.15) is 0 Å². The van der Waals surface area contributed by atoms with Crippen LogP contribution in [-0.4, -0.2) is 51.4 Å². The minimum Gasteiger partial charge on any atom is -0.454 e. The van der Waals surface area contributed by atoms with E-state index in [1.807, 2.05) is 0 Å². The predicted molar refractivity (Wildman–Crippen MR) is 115 cm³/mol. The van der Waals surface area contributed by atoms with Crippen molar-refractivity contribution in [2.24, 2.45) is 0 Å². The molecule has 2 aliphatic rings. The molecular formula is C22H24FN3O5S. The number of nitrogens with one attached hydrogen (secondary N) is 1. The largest absolute Gasteiger partial charge is 0.454 e. The molecule has 8 nitrogen and oxygen atoms in total. The molecule has 170 valence electrons. The van der Waals surface area contributed by atoms with Crippen molar-refractivity contribution < 1.29 is 26.8 Å². The van der Waals surface area contributed by atoms with E-state index in [0.717, 1.165) is 43.6 Å². The molecule has 0 atom stereocenters. The summed E-state index contributed by atoms with van der Waals surface area (Å²) < 4.78 is 56.8. The fourth-order valence-electron chi connectivity index (χ4n) is 4.29. The van der Waals surface area contributed by atoms with Gasteiger partial charge in [0, 0.05) is 30.0 Å². The number of halogens is 1.